The van der Waals surface area contributed by atoms with E-state index >= 15 is 0 Å². The van der Waals surface area contributed by atoms with Gasteiger partial charge >= 0.3 is 0 Å². The number of allylic oxidation sites excluding steroid dienone is 1. The third-order valence-corrected chi connectivity index (χ3v) is 3.95. The maximum atomic E-state index is 12.2. The molecule has 1 aliphatic carbocycles. The quantitative estimate of drug-likeness (QED) is 0.874. The van der Waals surface area contributed by atoms with Crippen LogP contribution in [0.3, 0.4) is 0 Å². The zero-order chi connectivity index (χ0) is 11.4. The fourth-order valence-electron chi connectivity index (χ4n) is 2.04. The smallest absolute Gasteiger partial charge is 0.180 e. The first kappa shape index (κ1) is 11.6. The van der Waals surface area contributed by atoms with Crippen LogP contribution < -0.4 is 5.73 Å². The Kier molecular flexibility index (Phi) is 3.91. The van der Waals surface area contributed by atoms with E-state index in [1.165, 1.54) is 12.8 Å². The van der Waals surface area contributed by atoms with Gasteiger partial charge in [0, 0.05) is 4.88 Å². The molecule has 0 saturated heterocycles. The predicted octanol–water partition coefficient (Wildman–Crippen LogP) is 3.21. The van der Waals surface area contributed by atoms with Crippen LogP contribution in [0.4, 0.5) is 0 Å². The molecule has 0 amide bonds. The number of thiophene rings is 1. The largest absolute Gasteiger partial charge is 0.317 e. The summed E-state index contributed by atoms with van der Waals surface area (Å²) < 4.78 is 0. The molecule has 1 aromatic heterocycles. The molecular formula is C13H17NOS. The van der Waals surface area contributed by atoms with Crippen molar-refractivity contribution in [2.24, 2.45) is 5.73 Å². The first-order chi connectivity index (χ1) is 7.79. The monoisotopic (exact) mass is 235 g/mol. The van der Waals surface area contributed by atoms with Gasteiger partial charge < -0.3 is 5.73 Å². The van der Waals surface area contributed by atoms with Crippen molar-refractivity contribution in [3.63, 3.8) is 0 Å². The lowest BCUT2D eigenvalue weighted by Gasteiger charge is -2.10. The molecule has 2 nitrogen and oxygen atoms in total. The van der Waals surface area contributed by atoms with Gasteiger partial charge in [0.25, 0.3) is 0 Å². The molecule has 0 spiro atoms. The van der Waals surface area contributed by atoms with Crippen LogP contribution in [-0.2, 0) is 4.79 Å². The highest BCUT2D eigenvalue weighted by atomic mass is 32.1. The molecule has 2 rings (SSSR count). The molecule has 0 aliphatic heterocycles. The topological polar surface area (TPSA) is 43.1 Å². The predicted molar refractivity (Wildman–Crippen MR) is 67.4 cm³/mol. The summed E-state index contributed by atoms with van der Waals surface area (Å²) in [5.41, 5.74) is 6.93. The van der Waals surface area contributed by atoms with E-state index in [1.807, 2.05) is 17.5 Å². The second-order valence-electron chi connectivity index (χ2n) is 4.19. The second kappa shape index (κ2) is 5.41. The average Bonchev–Trinajstić information content (AvgIpc) is 2.70. The zero-order valence-corrected chi connectivity index (χ0v) is 10.1. The van der Waals surface area contributed by atoms with Gasteiger partial charge in [-0.3, -0.25) is 4.79 Å². The van der Waals surface area contributed by atoms with Crippen molar-refractivity contribution in [2.45, 2.75) is 38.1 Å². The molecule has 1 heterocycles. The molecule has 0 aromatic carbocycles. The molecule has 0 saturated carbocycles. The van der Waals surface area contributed by atoms with Crippen LogP contribution in [0.25, 0.3) is 0 Å². The summed E-state index contributed by atoms with van der Waals surface area (Å²) in [6.45, 7) is 0. The Bertz CT molecular complexity index is 381. The third-order valence-electron chi connectivity index (χ3n) is 2.99. The van der Waals surface area contributed by atoms with Gasteiger partial charge in [-0.2, -0.15) is 0 Å². The number of ketones is 1. The zero-order valence-electron chi connectivity index (χ0n) is 9.32. The first-order valence-corrected chi connectivity index (χ1v) is 6.69. The minimum atomic E-state index is -0.454. The van der Waals surface area contributed by atoms with Crippen molar-refractivity contribution in [3.8, 4) is 0 Å². The van der Waals surface area contributed by atoms with Crippen LogP contribution in [-0.4, -0.2) is 5.78 Å². The van der Waals surface area contributed by atoms with E-state index < -0.39 is 6.04 Å². The van der Waals surface area contributed by atoms with Gasteiger partial charge in [-0.25, -0.2) is 0 Å². The maximum Gasteiger partial charge on any atom is 0.180 e. The van der Waals surface area contributed by atoms with Crippen LogP contribution in [0.15, 0.2) is 29.2 Å². The number of rotatable bonds is 3. The SMILES string of the molecule is NC(C(=O)C1=CCCCCC1)c1cccs1. The summed E-state index contributed by atoms with van der Waals surface area (Å²) in [6, 6.07) is 3.42. The van der Waals surface area contributed by atoms with Crippen LogP contribution in [0.1, 0.15) is 43.0 Å². The maximum absolute atomic E-state index is 12.2. The van der Waals surface area contributed by atoms with Gasteiger partial charge in [-0.05, 0) is 42.7 Å². The summed E-state index contributed by atoms with van der Waals surface area (Å²) in [6.07, 6.45) is 7.56. The lowest BCUT2D eigenvalue weighted by molar-refractivity contribution is -0.117. The van der Waals surface area contributed by atoms with Crippen molar-refractivity contribution in [2.75, 3.05) is 0 Å². The van der Waals surface area contributed by atoms with Crippen molar-refractivity contribution < 1.29 is 4.79 Å². The van der Waals surface area contributed by atoms with E-state index in [-0.39, 0.29) is 5.78 Å². The van der Waals surface area contributed by atoms with Gasteiger partial charge in [-0.15, -0.1) is 11.3 Å². The van der Waals surface area contributed by atoms with Crippen LogP contribution in [0, 0.1) is 0 Å². The van der Waals surface area contributed by atoms with Gasteiger partial charge in [0.2, 0.25) is 0 Å². The second-order valence-corrected chi connectivity index (χ2v) is 5.17. The van der Waals surface area contributed by atoms with E-state index in [0.717, 1.165) is 29.7 Å². The minimum absolute atomic E-state index is 0.115. The third kappa shape index (κ3) is 2.60. The standard InChI is InChI=1S/C13H17NOS/c14-12(11-8-5-9-16-11)13(15)10-6-3-1-2-4-7-10/h5-6,8-9,12H,1-4,7,14H2. The summed E-state index contributed by atoms with van der Waals surface area (Å²) in [5.74, 6) is 0.115. The van der Waals surface area contributed by atoms with Crippen molar-refractivity contribution in [3.05, 3.63) is 34.0 Å². The summed E-state index contributed by atoms with van der Waals surface area (Å²) in [5, 5.41) is 1.96. The average molecular weight is 235 g/mol. The Morgan fingerprint density at radius 1 is 1.38 bits per heavy atom. The molecule has 1 aliphatic rings. The summed E-state index contributed by atoms with van der Waals surface area (Å²) in [4.78, 5) is 13.1. The highest BCUT2D eigenvalue weighted by molar-refractivity contribution is 7.10. The number of hydrogen-bond donors (Lipinski definition) is 1. The molecule has 1 aromatic rings. The van der Waals surface area contributed by atoms with Gasteiger partial charge in [-0.1, -0.05) is 18.6 Å². The number of carbonyl (C=O) groups excluding carboxylic acids is 1. The van der Waals surface area contributed by atoms with E-state index in [2.05, 4.69) is 6.08 Å². The van der Waals surface area contributed by atoms with E-state index in [1.54, 1.807) is 11.3 Å². The van der Waals surface area contributed by atoms with Crippen molar-refractivity contribution in [1.82, 2.24) is 0 Å². The lowest BCUT2D eigenvalue weighted by Crippen LogP contribution is -2.22. The molecule has 2 N–H and O–H groups in total. The van der Waals surface area contributed by atoms with Crippen molar-refractivity contribution >= 4 is 17.1 Å². The summed E-state index contributed by atoms with van der Waals surface area (Å²) >= 11 is 1.56. The normalized spacial score (nSPS) is 18.7. The Morgan fingerprint density at radius 3 is 3.00 bits per heavy atom. The molecule has 0 radical (unpaired) electrons. The molecule has 3 heteroatoms. The molecule has 16 heavy (non-hydrogen) atoms. The van der Waals surface area contributed by atoms with Crippen LogP contribution in [0.2, 0.25) is 0 Å². The number of carbonyl (C=O) groups is 1. The van der Waals surface area contributed by atoms with E-state index in [4.69, 9.17) is 5.73 Å². The molecular weight excluding hydrogens is 218 g/mol. The molecule has 0 bridgehead atoms. The minimum Gasteiger partial charge on any atom is -0.317 e. The fourth-order valence-corrected chi connectivity index (χ4v) is 2.76. The molecule has 0 fully saturated rings. The van der Waals surface area contributed by atoms with Crippen LogP contribution in [0.5, 0.6) is 0 Å². The number of Topliss-reactive ketones (excluding diaryl/α,β-unsaturated/α-hetero) is 1. The Balaban J connectivity index is 2.09. The lowest BCUT2D eigenvalue weighted by atomic mass is 10.00. The highest BCUT2D eigenvalue weighted by Crippen LogP contribution is 2.25. The Labute approximate surface area is 100 Å². The molecule has 1 atom stereocenters. The van der Waals surface area contributed by atoms with E-state index in [9.17, 15) is 4.79 Å². The Hall–Kier alpha value is -0.930. The van der Waals surface area contributed by atoms with Gasteiger partial charge in [0.05, 0.1) is 0 Å². The fraction of sp³-hybridized carbons (Fsp3) is 0.462. The first-order valence-electron chi connectivity index (χ1n) is 5.81. The number of hydrogen-bond acceptors (Lipinski definition) is 3. The van der Waals surface area contributed by atoms with Crippen molar-refractivity contribution in [1.29, 1.82) is 0 Å². The van der Waals surface area contributed by atoms with Gasteiger partial charge in [0.15, 0.2) is 5.78 Å². The molecule has 86 valence electrons. The highest BCUT2D eigenvalue weighted by Gasteiger charge is 2.20. The number of nitrogens with two attached hydrogens (primary N) is 1. The van der Waals surface area contributed by atoms with Gasteiger partial charge in [0.1, 0.15) is 6.04 Å². The summed E-state index contributed by atoms with van der Waals surface area (Å²) in [7, 11) is 0. The molecule has 1 unspecified atom stereocenters. The van der Waals surface area contributed by atoms with Crippen LogP contribution >= 0.6 is 11.3 Å². The van der Waals surface area contributed by atoms with E-state index in [0.29, 0.717) is 0 Å². The Morgan fingerprint density at radius 2 is 2.25 bits per heavy atom.